The van der Waals surface area contributed by atoms with Gasteiger partial charge in [0, 0.05) is 41.9 Å². The van der Waals surface area contributed by atoms with Crippen LogP contribution in [0.15, 0.2) is 95.3 Å². The molecule has 0 bridgehead atoms. The van der Waals surface area contributed by atoms with Crippen LogP contribution in [0, 0.1) is 0 Å². The van der Waals surface area contributed by atoms with Crippen molar-refractivity contribution in [3.63, 3.8) is 0 Å². The minimum Gasteiger partial charge on any atom is -2.00 e. The van der Waals surface area contributed by atoms with Crippen LogP contribution in [0.1, 0.15) is 18.1 Å². The van der Waals surface area contributed by atoms with E-state index in [-0.39, 0.29) is 35.5 Å². The Hall–Kier alpha value is -3.85. The maximum atomic E-state index is 11.9. The largest absolute Gasteiger partial charge is 2.00 e. The summed E-state index contributed by atoms with van der Waals surface area (Å²) in [5.41, 5.74) is 7.68. The topological polar surface area (TPSA) is 161 Å². The summed E-state index contributed by atoms with van der Waals surface area (Å²) in [5, 5.41) is 42.9. The van der Waals surface area contributed by atoms with Gasteiger partial charge in [-0.05, 0) is 30.0 Å². The summed E-state index contributed by atoms with van der Waals surface area (Å²) in [6.45, 7) is 1.63. The molecule has 1 radical (unpaired) electrons. The van der Waals surface area contributed by atoms with Crippen LogP contribution in [0.3, 0.4) is 0 Å². The molecule has 0 saturated heterocycles. The number of aromatic nitrogens is 1. The number of anilines is 1. The minimum absolute atomic E-state index is 0. The number of fused-ring (bicyclic) bond motifs is 1. The summed E-state index contributed by atoms with van der Waals surface area (Å²) in [4.78, 5) is 3.97. The van der Waals surface area contributed by atoms with E-state index >= 15 is 0 Å². The Morgan fingerprint density at radius 1 is 0.788 bits per heavy atom. The average Bonchev–Trinajstić information content (AvgIpc) is 2.79. The Bertz CT molecular complexity index is 1200. The molecule has 169 valence electrons. The third-order valence-corrected chi connectivity index (χ3v) is 4.35. The second kappa shape index (κ2) is 12.9. The molecule has 0 unspecified atom stereocenters. The van der Waals surface area contributed by atoms with E-state index in [1.807, 2.05) is 18.2 Å². The molecule has 2 N–H and O–H groups in total. The van der Waals surface area contributed by atoms with Gasteiger partial charge >= 0.3 is 0 Å². The molecular weight excluding hydrogens is 459 g/mol. The smallest absolute Gasteiger partial charge is 0.0665 e. The van der Waals surface area contributed by atoms with Gasteiger partial charge in [-0.2, -0.15) is 10.2 Å². The number of benzene rings is 3. The molecule has 0 amide bonds. The van der Waals surface area contributed by atoms with Gasteiger partial charge in [-0.3, -0.25) is 4.98 Å². The van der Waals surface area contributed by atoms with E-state index in [0.29, 0.717) is 28.0 Å². The van der Waals surface area contributed by atoms with Crippen molar-refractivity contribution < 1.29 is 39.4 Å². The van der Waals surface area contributed by atoms with Crippen LogP contribution in [0.5, 0.6) is 11.5 Å². The standard InChI is InChI=1S/C15H15N3O2.C9H7NO.O.V/c1-10(11-6-3-5-9-14(11)19)17-18-15(20)12-7-2-4-8-13(12)16;11-8-5-1-3-7-4-2-6-10-9(7)8;;/h2-9,19H,16H2,1H3,(H,18,20);1-6,11H;;/q;;-2;/p-3/b17-10+;;;. The molecule has 1 aromatic heterocycles. The van der Waals surface area contributed by atoms with E-state index in [9.17, 15) is 15.3 Å². The van der Waals surface area contributed by atoms with Crippen LogP contribution in [-0.2, 0) is 24.0 Å². The van der Waals surface area contributed by atoms with E-state index < -0.39 is 5.90 Å². The predicted molar refractivity (Wildman–Crippen MR) is 117 cm³/mol. The third kappa shape index (κ3) is 7.08. The quantitative estimate of drug-likeness (QED) is 0.206. The number of nitrogens with zero attached hydrogens (tertiary/aromatic N) is 3. The summed E-state index contributed by atoms with van der Waals surface area (Å²) in [6.07, 6.45) is 1.63. The molecule has 8 nitrogen and oxygen atoms in total. The fraction of sp³-hybridized carbons (Fsp3) is 0.0417. The first kappa shape index (κ1) is 27.2. The van der Waals surface area contributed by atoms with Crippen molar-refractivity contribution in [3.8, 4) is 11.5 Å². The van der Waals surface area contributed by atoms with Crippen molar-refractivity contribution in [2.45, 2.75) is 6.92 Å². The summed E-state index contributed by atoms with van der Waals surface area (Å²) in [5.74, 6) is -0.704. The molecule has 33 heavy (non-hydrogen) atoms. The van der Waals surface area contributed by atoms with E-state index in [4.69, 9.17) is 5.73 Å². The number of nitrogen functional groups attached to an aromatic ring is 1. The molecule has 0 fully saturated rings. The van der Waals surface area contributed by atoms with Gasteiger partial charge < -0.3 is 26.5 Å². The number of nitrogens with two attached hydrogens (primary N) is 1. The molecular formula is C24H19N4O4V-5. The second-order valence-corrected chi connectivity index (χ2v) is 6.51. The Morgan fingerprint density at radius 3 is 2.06 bits per heavy atom. The van der Waals surface area contributed by atoms with Crippen molar-refractivity contribution in [3.05, 3.63) is 96.2 Å². The van der Waals surface area contributed by atoms with Gasteiger partial charge in [0.1, 0.15) is 0 Å². The zero-order chi connectivity index (χ0) is 22.2. The summed E-state index contributed by atoms with van der Waals surface area (Å²) in [6, 6.07) is 21.9. The summed E-state index contributed by atoms with van der Waals surface area (Å²) >= 11 is 0. The first-order valence-corrected chi connectivity index (χ1v) is 9.38. The Balaban J connectivity index is 0.000000357. The van der Waals surface area contributed by atoms with Crippen LogP contribution >= 0.6 is 0 Å². The normalized spacial score (nSPS) is 10.9. The van der Waals surface area contributed by atoms with E-state index in [0.717, 1.165) is 5.39 Å². The Morgan fingerprint density at radius 2 is 1.39 bits per heavy atom. The zero-order valence-corrected chi connectivity index (χ0v) is 19.0. The van der Waals surface area contributed by atoms with E-state index in [1.54, 1.807) is 61.7 Å². The van der Waals surface area contributed by atoms with Crippen molar-refractivity contribution in [2.75, 3.05) is 5.73 Å². The van der Waals surface area contributed by atoms with Crippen LogP contribution < -0.4 is 21.1 Å². The molecule has 4 aromatic rings. The molecule has 0 aliphatic carbocycles. The van der Waals surface area contributed by atoms with Crippen molar-refractivity contribution in [2.24, 2.45) is 10.2 Å². The maximum absolute atomic E-state index is 11.9. The predicted octanol–water partition coefficient (Wildman–Crippen LogP) is 2.06. The molecule has 0 aliphatic heterocycles. The van der Waals surface area contributed by atoms with Crippen LogP contribution in [0.2, 0.25) is 0 Å². The van der Waals surface area contributed by atoms with Gasteiger partial charge in [0.15, 0.2) is 0 Å². The molecule has 0 atom stereocenters. The first-order chi connectivity index (χ1) is 15.0. The SMILES string of the molecule is C/C(=N\N=C(/[O-])c1ccccc1N)c1ccccc1[O-].[O-2].[O-]c1cccc2cccnc12.[V]. The molecule has 3 aromatic carbocycles. The van der Waals surface area contributed by atoms with Gasteiger partial charge in [0.05, 0.1) is 11.2 Å². The van der Waals surface area contributed by atoms with Crippen molar-refractivity contribution in [1.82, 2.24) is 4.98 Å². The van der Waals surface area contributed by atoms with E-state index in [2.05, 4.69) is 15.2 Å². The number of para-hydroxylation sites is 3. The molecule has 9 heteroatoms. The van der Waals surface area contributed by atoms with Gasteiger partial charge in [-0.15, -0.1) is 0 Å². The number of rotatable bonds is 3. The molecule has 0 aliphatic rings. The second-order valence-electron chi connectivity index (χ2n) is 6.51. The zero-order valence-electron chi connectivity index (χ0n) is 17.6. The molecule has 1 heterocycles. The fourth-order valence-corrected chi connectivity index (χ4v) is 2.76. The minimum atomic E-state index is -0.536. The summed E-state index contributed by atoms with van der Waals surface area (Å²) in [7, 11) is 0. The van der Waals surface area contributed by atoms with Crippen molar-refractivity contribution in [1.29, 1.82) is 0 Å². The molecule has 0 saturated carbocycles. The molecule has 4 rings (SSSR count). The maximum Gasteiger partial charge on any atom is 0.0665 e. The Kier molecular flexibility index (Phi) is 10.6. The number of pyridine rings is 1. The number of hydrogen-bond donors (Lipinski definition) is 1. The van der Waals surface area contributed by atoms with E-state index in [1.165, 1.54) is 12.1 Å². The Labute approximate surface area is 203 Å². The van der Waals surface area contributed by atoms with Crippen LogP contribution in [-0.4, -0.2) is 16.6 Å². The summed E-state index contributed by atoms with van der Waals surface area (Å²) < 4.78 is 0. The first-order valence-electron chi connectivity index (χ1n) is 9.38. The van der Waals surface area contributed by atoms with Crippen LogP contribution in [0.25, 0.3) is 10.9 Å². The van der Waals surface area contributed by atoms with Gasteiger partial charge in [0.2, 0.25) is 0 Å². The van der Waals surface area contributed by atoms with Gasteiger partial charge in [-0.25, -0.2) is 0 Å². The monoisotopic (exact) mass is 478 g/mol. The van der Waals surface area contributed by atoms with Crippen LogP contribution in [0.4, 0.5) is 5.69 Å². The molecule has 0 spiro atoms. The third-order valence-electron chi connectivity index (χ3n) is 4.35. The van der Waals surface area contributed by atoms with Crippen molar-refractivity contribution >= 4 is 28.2 Å². The number of hydrogen-bond acceptors (Lipinski definition) is 7. The fourth-order valence-electron chi connectivity index (χ4n) is 2.76. The average molecular weight is 478 g/mol. The van der Waals surface area contributed by atoms with Gasteiger partial charge in [-0.1, -0.05) is 78.2 Å². The van der Waals surface area contributed by atoms with Gasteiger partial charge in [0.25, 0.3) is 0 Å².